The molecule has 0 radical (unpaired) electrons. The number of carbonyl (C=O) groups is 1. The molecule has 0 saturated heterocycles. The van der Waals surface area contributed by atoms with Crippen molar-refractivity contribution >= 4 is 5.97 Å². The van der Waals surface area contributed by atoms with Crippen LogP contribution in [0.4, 0.5) is 0 Å². The van der Waals surface area contributed by atoms with Crippen LogP contribution in [0.2, 0.25) is 0 Å². The van der Waals surface area contributed by atoms with Gasteiger partial charge < -0.3 is 20.4 Å². The summed E-state index contributed by atoms with van der Waals surface area (Å²) in [6.07, 6.45) is 5.87. The zero-order chi connectivity index (χ0) is 21.1. The third-order valence-corrected chi connectivity index (χ3v) is 10.3. The molecule has 29 heavy (non-hydrogen) atoms. The van der Waals surface area contributed by atoms with Gasteiger partial charge in [-0.15, -0.1) is 0 Å². The van der Waals surface area contributed by atoms with Crippen molar-refractivity contribution in [1.29, 1.82) is 0 Å². The zero-order valence-corrected chi connectivity index (χ0v) is 18.3. The molecule has 0 bridgehead atoms. The first-order valence-electron chi connectivity index (χ1n) is 11.9. The number of aliphatic carboxylic acids is 1. The number of hydrogen-bond acceptors (Lipinski definition) is 4. The molecule has 5 heteroatoms. The lowest BCUT2D eigenvalue weighted by molar-refractivity contribution is -0.223. The maximum Gasteiger partial charge on any atom is 0.303 e. The third-order valence-electron chi connectivity index (χ3n) is 10.3. The van der Waals surface area contributed by atoms with E-state index in [-0.39, 0.29) is 35.2 Å². The Balaban J connectivity index is 1.59. The highest BCUT2D eigenvalue weighted by Gasteiger charge is 2.65. The standard InChI is InChI=1S/C24H40O5/c1-13(4-7-19(26)27)15-5-6-16-20-17(9-11-23(15,16)2)24(3)10-8-14(25)12-18(24)21(28)22(20)29/h13-18,20-22,25,28-29H,4-12H2,1-3H3,(H,26,27)/t13-,14-,15-,16?,17?,18?,20?,21-,22-,23-,24-/m1/s1. The Labute approximate surface area is 174 Å². The number of fused-ring (bicyclic) bond motifs is 5. The fourth-order valence-electron chi connectivity index (χ4n) is 8.77. The van der Waals surface area contributed by atoms with E-state index in [4.69, 9.17) is 5.11 Å². The molecule has 0 amide bonds. The Hall–Kier alpha value is -0.650. The first-order chi connectivity index (χ1) is 13.6. The summed E-state index contributed by atoms with van der Waals surface area (Å²) in [4.78, 5) is 11.1. The largest absolute Gasteiger partial charge is 0.481 e. The van der Waals surface area contributed by atoms with Crippen LogP contribution in [0, 0.1) is 46.3 Å². The fraction of sp³-hybridized carbons (Fsp3) is 0.958. The van der Waals surface area contributed by atoms with Crippen molar-refractivity contribution in [2.24, 2.45) is 46.3 Å². The summed E-state index contributed by atoms with van der Waals surface area (Å²) in [6.45, 7) is 6.89. The highest BCUT2D eigenvalue weighted by molar-refractivity contribution is 5.66. The average molecular weight is 409 g/mol. The number of hydrogen-bond donors (Lipinski definition) is 4. The van der Waals surface area contributed by atoms with Crippen LogP contribution < -0.4 is 0 Å². The SMILES string of the molecule is C[C@H](CCC(=O)O)[C@H]1CCC2C3C(CC[C@@]21C)[C@@]1(C)CC[C@@H](O)CC1[C@@H](O)[C@@H]3O. The van der Waals surface area contributed by atoms with E-state index in [1.807, 2.05) is 0 Å². The number of carboxylic acids is 1. The van der Waals surface area contributed by atoms with Crippen molar-refractivity contribution in [1.82, 2.24) is 0 Å². The van der Waals surface area contributed by atoms with Gasteiger partial charge in [-0.25, -0.2) is 0 Å². The molecule has 166 valence electrons. The molecule has 4 aliphatic carbocycles. The van der Waals surface area contributed by atoms with E-state index in [9.17, 15) is 20.1 Å². The molecule has 4 saturated carbocycles. The predicted octanol–water partition coefficient (Wildman–Crippen LogP) is 3.45. The summed E-state index contributed by atoms with van der Waals surface area (Å²) in [5, 5.41) is 41.7. The summed E-state index contributed by atoms with van der Waals surface area (Å²) >= 11 is 0. The Bertz CT molecular complexity index is 637. The third kappa shape index (κ3) is 3.27. The monoisotopic (exact) mass is 408 g/mol. The number of rotatable bonds is 4. The minimum Gasteiger partial charge on any atom is -0.481 e. The van der Waals surface area contributed by atoms with E-state index in [0.29, 0.717) is 30.1 Å². The lowest BCUT2D eigenvalue weighted by Gasteiger charge is -2.63. The van der Waals surface area contributed by atoms with Crippen LogP contribution in [0.25, 0.3) is 0 Å². The van der Waals surface area contributed by atoms with E-state index in [0.717, 1.165) is 44.9 Å². The highest BCUT2D eigenvalue weighted by atomic mass is 16.4. The highest BCUT2D eigenvalue weighted by Crippen LogP contribution is 2.68. The summed E-state index contributed by atoms with van der Waals surface area (Å²) in [5.74, 6) is 1.06. The first-order valence-corrected chi connectivity index (χ1v) is 11.9. The molecule has 0 aliphatic heterocycles. The quantitative estimate of drug-likeness (QED) is 0.571. The summed E-state index contributed by atoms with van der Waals surface area (Å²) in [7, 11) is 0. The normalized spacial score (nSPS) is 52.9. The molecular weight excluding hydrogens is 368 g/mol. The Morgan fingerprint density at radius 3 is 2.28 bits per heavy atom. The van der Waals surface area contributed by atoms with Crippen molar-refractivity contribution in [2.45, 2.75) is 96.9 Å². The minimum absolute atomic E-state index is 0.00309. The fourth-order valence-corrected chi connectivity index (χ4v) is 8.77. The summed E-state index contributed by atoms with van der Waals surface area (Å²) < 4.78 is 0. The summed E-state index contributed by atoms with van der Waals surface area (Å²) in [5.41, 5.74) is 0.119. The van der Waals surface area contributed by atoms with Gasteiger partial charge in [0.1, 0.15) is 0 Å². The van der Waals surface area contributed by atoms with Gasteiger partial charge in [0.2, 0.25) is 0 Å². The summed E-state index contributed by atoms with van der Waals surface area (Å²) in [6, 6.07) is 0. The van der Waals surface area contributed by atoms with Crippen LogP contribution >= 0.6 is 0 Å². The van der Waals surface area contributed by atoms with Crippen LogP contribution in [0.1, 0.15) is 78.6 Å². The Morgan fingerprint density at radius 1 is 0.931 bits per heavy atom. The molecule has 5 nitrogen and oxygen atoms in total. The minimum atomic E-state index is -0.748. The number of carboxylic acid groups (broad SMARTS) is 1. The van der Waals surface area contributed by atoms with Crippen molar-refractivity contribution in [3.63, 3.8) is 0 Å². The molecule has 0 spiro atoms. The topological polar surface area (TPSA) is 98.0 Å². The van der Waals surface area contributed by atoms with Gasteiger partial charge in [-0.3, -0.25) is 4.79 Å². The maximum absolute atomic E-state index is 11.3. The van der Waals surface area contributed by atoms with E-state index >= 15 is 0 Å². The van der Waals surface area contributed by atoms with E-state index in [1.165, 1.54) is 0 Å². The Morgan fingerprint density at radius 2 is 1.59 bits per heavy atom. The predicted molar refractivity (Wildman–Crippen MR) is 110 cm³/mol. The lowest BCUT2D eigenvalue weighted by Crippen LogP contribution is -2.64. The van der Waals surface area contributed by atoms with Crippen LogP contribution in [0.15, 0.2) is 0 Å². The first kappa shape index (κ1) is 21.6. The Kier molecular flexibility index (Phi) is 5.57. The molecule has 0 aromatic rings. The van der Waals surface area contributed by atoms with E-state index in [2.05, 4.69) is 20.8 Å². The lowest BCUT2D eigenvalue weighted by atomic mass is 9.43. The molecule has 0 aromatic carbocycles. The average Bonchev–Trinajstić information content (AvgIpc) is 3.02. The number of aliphatic hydroxyl groups is 3. The smallest absolute Gasteiger partial charge is 0.303 e. The van der Waals surface area contributed by atoms with E-state index < -0.39 is 18.2 Å². The molecule has 4 fully saturated rings. The number of aliphatic hydroxyl groups excluding tert-OH is 3. The van der Waals surface area contributed by atoms with Crippen molar-refractivity contribution in [2.75, 3.05) is 0 Å². The van der Waals surface area contributed by atoms with Crippen molar-refractivity contribution in [3.05, 3.63) is 0 Å². The molecule has 4 aliphatic rings. The van der Waals surface area contributed by atoms with Crippen LogP contribution in [0.5, 0.6) is 0 Å². The molecule has 0 heterocycles. The van der Waals surface area contributed by atoms with Crippen LogP contribution in [-0.2, 0) is 4.79 Å². The maximum atomic E-state index is 11.3. The van der Waals surface area contributed by atoms with Gasteiger partial charge in [-0.2, -0.15) is 0 Å². The molecule has 11 atom stereocenters. The second kappa shape index (κ2) is 7.49. The van der Waals surface area contributed by atoms with Gasteiger partial charge >= 0.3 is 5.97 Å². The molecule has 0 aromatic heterocycles. The second-order valence-electron chi connectivity index (χ2n) is 11.5. The zero-order valence-electron chi connectivity index (χ0n) is 18.3. The van der Waals surface area contributed by atoms with Gasteiger partial charge in [0, 0.05) is 6.42 Å². The molecular formula is C24H40O5. The van der Waals surface area contributed by atoms with Crippen LogP contribution in [0.3, 0.4) is 0 Å². The second-order valence-corrected chi connectivity index (χ2v) is 11.5. The molecule has 4 N–H and O–H groups in total. The van der Waals surface area contributed by atoms with E-state index in [1.54, 1.807) is 0 Å². The van der Waals surface area contributed by atoms with Gasteiger partial charge in [-0.1, -0.05) is 20.8 Å². The molecule has 4 unspecified atom stereocenters. The van der Waals surface area contributed by atoms with Crippen LogP contribution in [-0.4, -0.2) is 44.7 Å². The molecule has 4 rings (SSSR count). The van der Waals surface area contributed by atoms with Gasteiger partial charge in [0.15, 0.2) is 0 Å². The van der Waals surface area contributed by atoms with Gasteiger partial charge in [-0.05, 0) is 97.7 Å². The van der Waals surface area contributed by atoms with Gasteiger partial charge in [0.25, 0.3) is 0 Å². The van der Waals surface area contributed by atoms with Gasteiger partial charge in [0.05, 0.1) is 18.3 Å². The van der Waals surface area contributed by atoms with Crippen molar-refractivity contribution in [3.8, 4) is 0 Å². The van der Waals surface area contributed by atoms with Crippen molar-refractivity contribution < 1.29 is 25.2 Å².